The summed E-state index contributed by atoms with van der Waals surface area (Å²) in [6.07, 6.45) is 3.86. The van der Waals surface area contributed by atoms with Gasteiger partial charge in [0.05, 0.1) is 10.6 Å². The molecule has 6 nitrogen and oxygen atoms in total. The van der Waals surface area contributed by atoms with Crippen molar-refractivity contribution in [2.45, 2.75) is 37.5 Å². The molecule has 0 atom stereocenters. The molecule has 0 bridgehead atoms. The van der Waals surface area contributed by atoms with Crippen LogP contribution in [0, 0.1) is 6.92 Å². The third-order valence-corrected chi connectivity index (χ3v) is 6.57. The fourth-order valence-electron chi connectivity index (χ4n) is 2.96. The minimum absolute atomic E-state index is 0.0624. The SMILES string of the molecule is Cc1ccc(N(CC(=O)NN=C2CCCC2)S(=O)(=O)c2ccc(Cl)cc2)cc1. The van der Waals surface area contributed by atoms with Crippen LogP contribution in [0.4, 0.5) is 5.69 Å². The summed E-state index contributed by atoms with van der Waals surface area (Å²) in [7, 11) is -3.95. The number of carbonyl (C=O) groups excluding carboxylic acids is 1. The number of nitrogens with zero attached hydrogens (tertiary/aromatic N) is 2. The molecule has 0 aliphatic heterocycles. The van der Waals surface area contributed by atoms with Crippen LogP contribution in [0.5, 0.6) is 0 Å². The number of hydrogen-bond donors (Lipinski definition) is 1. The first-order valence-corrected chi connectivity index (χ1v) is 10.9. The summed E-state index contributed by atoms with van der Waals surface area (Å²) in [5, 5.41) is 4.56. The number of carbonyl (C=O) groups is 1. The van der Waals surface area contributed by atoms with Gasteiger partial charge in [0.15, 0.2) is 0 Å². The number of sulfonamides is 1. The van der Waals surface area contributed by atoms with E-state index in [2.05, 4.69) is 10.5 Å². The Morgan fingerprint density at radius 3 is 2.29 bits per heavy atom. The van der Waals surface area contributed by atoms with Crippen molar-refractivity contribution in [3.05, 3.63) is 59.1 Å². The molecule has 2 aromatic rings. The lowest BCUT2D eigenvalue weighted by Crippen LogP contribution is -2.39. The maximum atomic E-state index is 13.2. The summed E-state index contributed by atoms with van der Waals surface area (Å²) in [5.41, 5.74) is 4.83. The van der Waals surface area contributed by atoms with E-state index in [0.29, 0.717) is 10.7 Å². The molecule has 0 spiro atoms. The van der Waals surface area contributed by atoms with Gasteiger partial charge in [0.2, 0.25) is 0 Å². The maximum Gasteiger partial charge on any atom is 0.264 e. The summed E-state index contributed by atoms with van der Waals surface area (Å²) in [6, 6.07) is 12.8. The van der Waals surface area contributed by atoms with Crippen LogP contribution >= 0.6 is 11.6 Å². The molecule has 1 aliphatic carbocycles. The number of hydrogen-bond acceptors (Lipinski definition) is 4. The Balaban J connectivity index is 1.88. The molecule has 0 aromatic heterocycles. The molecule has 1 aliphatic rings. The largest absolute Gasteiger partial charge is 0.271 e. The monoisotopic (exact) mass is 419 g/mol. The number of halogens is 1. The molecule has 0 radical (unpaired) electrons. The lowest BCUT2D eigenvalue weighted by molar-refractivity contribution is -0.119. The molecule has 0 unspecified atom stereocenters. The summed E-state index contributed by atoms with van der Waals surface area (Å²) in [6.45, 7) is 1.54. The minimum Gasteiger partial charge on any atom is -0.271 e. The van der Waals surface area contributed by atoms with Crippen LogP contribution in [0.2, 0.25) is 5.02 Å². The van der Waals surface area contributed by atoms with E-state index in [1.165, 1.54) is 24.3 Å². The van der Waals surface area contributed by atoms with Gasteiger partial charge in [0, 0.05) is 10.7 Å². The van der Waals surface area contributed by atoms with Gasteiger partial charge in [-0.15, -0.1) is 0 Å². The Morgan fingerprint density at radius 1 is 1.07 bits per heavy atom. The van der Waals surface area contributed by atoms with Crippen molar-refractivity contribution < 1.29 is 13.2 Å². The third-order valence-electron chi connectivity index (χ3n) is 4.53. The molecule has 0 heterocycles. The second-order valence-electron chi connectivity index (χ2n) is 6.72. The van der Waals surface area contributed by atoms with Crippen LogP contribution in [0.3, 0.4) is 0 Å². The molecule has 1 N–H and O–H groups in total. The Bertz CT molecular complexity index is 963. The van der Waals surface area contributed by atoms with Gasteiger partial charge in [-0.05, 0) is 69.0 Å². The van der Waals surface area contributed by atoms with E-state index in [4.69, 9.17) is 11.6 Å². The van der Waals surface area contributed by atoms with Crippen LogP contribution in [0.15, 0.2) is 58.5 Å². The molecule has 1 amide bonds. The number of anilines is 1. The van der Waals surface area contributed by atoms with Crippen molar-refractivity contribution in [2.75, 3.05) is 10.8 Å². The highest BCUT2D eigenvalue weighted by Crippen LogP contribution is 2.25. The molecule has 3 rings (SSSR count). The predicted molar refractivity (Wildman–Crippen MR) is 111 cm³/mol. The van der Waals surface area contributed by atoms with E-state index in [1.807, 2.05) is 6.92 Å². The van der Waals surface area contributed by atoms with Gasteiger partial charge >= 0.3 is 0 Å². The first-order valence-electron chi connectivity index (χ1n) is 9.05. The second-order valence-corrected chi connectivity index (χ2v) is 9.02. The van der Waals surface area contributed by atoms with Crippen LogP contribution < -0.4 is 9.73 Å². The smallest absolute Gasteiger partial charge is 0.264 e. The van der Waals surface area contributed by atoms with Crippen LogP contribution in [-0.2, 0) is 14.8 Å². The normalized spacial score (nSPS) is 14.0. The van der Waals surface area contributed by atoms with Gasteiger partial charge in [-0.1, -0.05) is 29.3 Å². The van der Waals surface area contributed by atoms with E-state index in [9.17, 15) is 13.2 Å². The van der Waals surface area contributed by atoms with Gasteiger partial charge in [0.25, 0.3) is 15.9 Å². The number of nitrogens with one attached hydrogen (secondary N) is 1. The molecule has 1 saturated carbocycles. The zero-order valence-corrected chi connectivity index (χ0v) is 17.1. The lowest BCUT2D eigenvalue weighted by Gasteiger charge is -2.24. The number of benzene rings is 2. The zero-order chi connectivity index (χ0) is 20.1. The Labute approximate surface area is 170 Å². The van der Waals surface area contributed by atoms with E-state index >= 15 is 0 Å². The standard InChI is InChI=1S/C20H22ClN3O3S/c1-15-6-10-18(11-7-15)24(14-20(25)23-22-17-4-2-3-5-17)28(26,27)19-12-8-16(21)9-13-19/h6-13H,2-5,14H2,1H3,(H,23,25). The molecule has 1 fully saturated rings. The van der Waals surface area contributed by atoms with Crippen LogP contribution in [0.25, 0.3) is 0 Å². The van der Waals surface area contributed by atoms with Crippen molar-refractivity contribution in [3.63, 3.8) is 0 Å². The highest BCUT2D eigenvalue weighted by Gasteiger charge is 2.27. The van der Waals surface area contributed by atoms with Gasteiger partial charge in [0.1, 0.15) is 6.54 Å². The molecular weight excluding hydrogens is 398 g/mol. The van der Waals surface area contributed by atoms with Gasteiger partial charge in [-0.25, -0.2) is 13.8 Å². The number of rotatable bonds is 6. The van der Waals surface area contributed by atoms with Crippen molar-refractivity contribution in [2.24, 2.45) is 5.10 Å². The van der Waals surface area contributed by atoms with Crippen molar-refractivity contribution in [3.8, 4) is 0 Å². The predicted octanol–water partition coefficient (Wildman–Crippen LogP) is 3.89. The summed E-state index contributed by atoms with van der Waals surface area (Å²) in [4.78, 5) is 12.5. The summed E-state index contributed by atoms with van der Waals surface area (Å²) in [5.74, 6) is -0.488. The van der Waals surface area contributed by atoms with E-state index in [-0.39, 0.29) is 11.4 Å². The highest BCUT2D eigenvalue weighted by atomic mass is 35.5. The number of aryl methyl sites for hydroxylation is 1. The first-order chi connectivity index (χ1) is 13.4. The Kier molecular flexibility index (Phi) is 6.36. The van der Waals surface area contributed by atoms with Gasteiger partial charge < -0.3 is 0 Å². The van der Waals surface area contributed by atoms with Crippen LogP contribution in [-0.4, -0.2) is 26.6 Å². The van der Waals surface area contributed by atoms with E-state index in [0.717, 1.165) is 41.3 Å². The van der Waals surface area contributed by atoms with Gasteiger partial charge in [-0.3, -0.25) is 9.10 Å². The quantitative estimate of drug-likeness (QED) is 0.721. The van der Waals surface area contributed by atoms with Crippen molar-refractivity contribution in [1.29, 1.82) is 0 Å². The fourth-order valence-corrected chi connectivity index (χ4v) is 4.51. The molecular formula is C20H22ClN3O3S. The average molecular weight is 420 g/mol. The first kappa shape index (κ1) is 20.4. The summed E-state index contributed by atoms with van der Waals surface area (Å²) < 4.78 is 27.5. The zero-order valence-electron chi connectivity index (χ0n) is 15.6. The van der Waals surface area contributed by atoms with Crippen molar-refractivity contribution >= 4 is 38.9 Å². The van der Waals surface area contributed by atoms with Crippen molar-refractivity contribution in [1.82, 2.24) is 5.43 Å². The van der Waals surface area contributed by atoms with E-state index in [1.54, 1.807) is 24.3 Å². The van der Waals surface area contributed by atoms with Gasteiger partial charge in [-0.2, -0.15) is 5.10 Å². The molecule has 0 saturated heterocycles. The molecule has 148 valence electrons. The third kappa shape index (κ3) is 4.91. The lowest BCUT2D eigenvalue weighted by atomic mass is 10.2. The van der Waals surface area contributed by atoms with Crippen LogP contribution in [0.1, 0.15) is 31.2 Å². The Hall–Kier alpha value is -2.38. The summed E-state index contributed by atoms with van der Waals surface area (Å²) >= 11 is 5.88. The van der Waals surface area contributed by atoms with E-state index < -0.39 is 15.9 Å². The maximum absolute atomic E-state index is 13.2. The fraction of sp³-hybridized carbons (Fsp3) is 0.300. The second kappa shape index (κ2) is 8.75. The molecule has 8 heteroatoms. The topological polar surface area (TPSA) is 78.8 Å². The number of amides is 1. The molecule has 2 aromatic carbocycles. The Morgan fingerprint density at radius 2 is 1.68 bits per heavy atom. The number of hydrazone groups is 1. The average Bonchev–Trinajstić information content (AvgIpc) is 3.19. The minimum atomic E-state index is -3.95. The highest BCUT2D eigenvalue weighted by molar-refractivity contribution is 7.92. The molecule has 28 heavy (non-hydrogen) atoms.